The molecule has 0 fully saturated rings. The van der Waals surface area contributed by atoms with Gasteiger partial charge in [0, 0.05) is 12.8 Å². The van der Waals surface area contributed by atoms with Gasteiger partial charge in [0.25, 0.3) is 0 Å². The predicted molar refractivity (Wildman–Crippen MR) is 194 cm³/mol. The van der Waals surface area contributed by atoms with E-state index >= 15 is 0 Å². The number of carbonyl (C=O) groups excluding carboxylic acids is 2. The van der Waals surface area contributed by atoms with E-state index in [2.05, 4.69) is 62.5 Å². The number of unbranched alkanes of at least 4 members (excludes halogenated alkanes) is 16. The minimum Gasteiger partial charge on any atom is -0.466 e. The number of allylic oxidation sites excluding steroid dienone is 8. The summed E-state index contributed by atoms with van der Waals surface area (Å²) in [6.07, 6.45) is 45.9. The fraction of sp³-hybridized carbons (Fsp3) is 0.756. The van der Waals surface area contributed by atoms with E-state index in [0.717, 1.165) is 57.8 Å². The standard InChI is InChI=1S/C41H72O4/c1-4-6-8-10-12-14-16-18-20-22-24-26-28-30-32-34-40(42)44-37-36-39(3)38-45-41(43)35-33-31-29-27-25-23-21-19-17-15-13-11-9-7-5-2/h12-15,18-21,39H,4-11,16-17,22-38H2,1-3H3/b14-12-,15-13-,20-18-,21-19-. The summed E-state index contributed by atoms with van der Waals surface area (Å²) < 4.78 is 10.8. The minimum absolute atomic E-state index is 0.105. The van der Waals surface area contributed by atoms with Crippen molar-refractivity contribution in [1.29, 1.82) is 0 Å². The first-order valence-corrected chi connectivity index (χ1v) is 19.0. The molecule has 0 aromatic rings. The highest BCUT2D eigenvalue weighted by Crippen LogP contribution is 2.12. The fourth-order valence-corrected chi connectivity index (χ4v) is 5.00. The maximum atomic E-state index is 12.1. The fourth-order valence-electron chi connectivity index (χ4n) is 5.00. The Morgan fingerprint density at radius 3 is 1.31 bits per heavy atom. The van der Waals surface area contributed by atoms with E-state index in [0.29, 0.717) is 26.1 Å². The van der Waals surface area contributed by atoms with Crippen LogP contribution in [0.2, 0.25) is 0 Å². The average Bonchev–Trinajstić information content (AvgIpc) is 3.03. The zero-order valence-corrected chi connectivity index (χ0v) is 29.9. The van der Waals surface area contributed by atoms with Crippen LogP contribution in [-0.2, 0) is 19.1 Å². The summed E-state index contributed by atoms with van der Waals surface area (Å²) in [5, 5.41) is 0. The summed E-state index contributed by atoms with van der Waals surface area (Å²) >= 11 is 0. The zero-order valence-electron chi connectivity index (χ0n) is 29.9. The van der Waals surface area contributed by atoms with Crippen molar-refractivity contribution in [3.8, 4) is 0 Å². The second kappa shape index (κ2) is 36.4. The summed E-state index contributed by atoms with van der Waals surface area (Å²) in [5.74, 6) is -0.0145. The van der Waals surface area contributed by atoms with Crippen LogP contribution in [0.4, 0.5) is 0 Å². The summed E-state index contributed by atoms with van der Waals surface area (Å²) in [7, 11) is 0. The third-order valence-corrected chi connectivity index (χ3v) is 8.07. The molecule has 260 valence electrons. The summed E-state index contributed by atoms with van der Waals surface area (Å²) in [6, 6.07) is 0. The van der Waals surface area contributed by atoms with Crippen molar-refractivity contribution in [2.24, 2.45) is 5.92 Å². The van der Waals surface area contributed by atoms with E-state index in [1.54, 1.807) is 0 Å². The van der Waals surface area contributed by atoms with Gasteiger partial charge in [-0.05, 0) is 89.4 Å². The van der Waals surface area contributed by atoms with Gasteiger partial charge in [-0.2, -0.15) is 0 Å². The van der Waals surface area contributed by atoms with Crippen molar-refractivity contribution < 1.29 is 19.1 Å². The van der Waals surface area contributed by atoms with E-state index in [4.69, 9.17) is 9.47 Å². The number of hydrogen-bond donors (Lipinski definition) is 0. The Bertz CT molecular complexity index is 763. The lowest BCUT2D eigenvalue weighted by Crippen LogP contribution is -2.15. The van der Waals surface area contributed by atoms with E-state index < -0.39 is 0 Å². The van der Waals surface area contributed by atoms with E-state index in [9.17, 15) is 9.59 Å². The first-order chi connectivity index (χ1) is 22.1. The van der Waals surface area contributed by atoms with Crippen LogP contribution >= 0.6 is 0 Å². The molecule has 0 spiro atoms. The second-order valence-electron chi connectivity index (χ2n) is 12.8. The molecule has 0 aromatic carbocycles. The van der Waals surface area contributed by atoms with Crippen molar-refractivity contribution in [3.05, 3.63) is 48.6 Å². The molecule has 0 aliphatic carbocycles. The summed E-state index contributed by atoms with van der Waals surface area (Å²) in [4.78, 5) is 24.1. The third kappa shape index (κ3) is 36.2. The maximum absolute atomic E-state index is 12.1. The number of carbonyl (C=O) groups is 2. The van der Waals surface area contributed by atoms with Gasteiger partial charge in [0.2, 0.25) is 0 Å². The Balaban J connectivity index is 3.49. The molecule has 0 saturated heterocycles. The van der Waals surface area contributed by atoms with Gasteiger partial charge in [-0.25, -0.2) is 0 Å². The van der Waals surface area contributed by atoms with Crippen LogP contribution in [0.5, 0.6) is 0 Å². The summed E-state index contributed by atoms with van der Waals surface area (Å²) in [5.41, 5.74) is 0. The topological polar surface area (TPSA) is 52.6 Å². The molecule has 0 bridgehead atoms. The molecule has 4 nitrogen and oxygen atoms in total. The van der Waals surface area contributed by atoms with Crippen LogP contribution in [0, 0.1) is 5.92 Å². The van der Waals surface area contributed by atoms with Crippen molar-refractivity contribution in [2.45, 2.75) is 181 Å². The highest BCUT2D eigenvalue weighted by molar-refractivity contribution is 5.69. The van der Waals surface area contributed by atoms with Gasteiger partial charge in [0.15, 0.2) is 0 Å². The van der Waals surface area contributed by atoms with Gasteiger partial charge in [-0.3, -0.25) is 9.59 Å². The molecule has 45 heavy (non-hydrogen) atoms. The molecule has 1 atom stereocenters. The molecule has 0 heterocycles. The van der Waals surface area contributed by atoms with Crippen LogP contribution in [0.25, 0.3) is 0 Å². The monoisotopic (exact) mass is 629 g/mol. The smallest absolute Gasteiger partial charge is 0.305 e. The van der Waals surface area contributed by atoms with E-state index in [1.165, 1.54) is 89.9 Å². The first-order valence-electron chi connectivity index (χ1n) is 19.0. The SMILES string of the molecule is CCCCC/C=C\C/C=C\CCCCCCCC(=O)OCCC(C)COC(=O)CCCCCCC/C=C\C/C=C\CCCCC. The molecule has 0 N–H and O–H groups in total. The molecule has 0 rings (SSSR count). The Kier molecular flexibility index (Phi) is 34.7. The van der Waals surface area contributed by atoms with Crippen molar-refractivity contribution in [1.82, 2.24) is 0 Å². The predicted octanol–water partition coefficient (Wildman–Crippen LogP) is 12.7. The number of hydrogen-bond acceptors (Lipinski definition) is 4. The van der Waals surface area contributed by atoms with Crippen LogP contribution in [0.1, 0.15) is 181 Å². The number of esters is 2. The molecule has 0 saturated carbocycles. The zero-order chi connectivity index (χ0) is 32.9. The molecule has 0 amide bonds. The second-order valence-corrected chi connectivity index (χ2v) is 12.8. The van der Waals surface area contributed by atoms with Gasteiger partial charge in [0.1, 0.15) is 0 Å². The third-order valence-electron chi connectivity index (χ3n) is 8.07. The highest BCUT2D eigenvalue weighted by atomic mass is 16.5. The molecule has 0 radical (unpaired) electrons. The van der Waals surface area contributed by atoms with Gasteiger partial charge >= 0.3 is 11.9 Å². The van der Waals surface area contributed by atoms with E-state index in [-0.39, 0.29) is 17.9 Å². The molecular weight excluding hydrogens is 556 g/mol. The van der Waals surface area contributed by atoms with E-state index in [1.807, 2.05) is 6.92 Å². The van der Waals surface area contributed by atoms with Gasteiger partial charge in [-0.15, -0.1) is 0 Å². The first kappa shape index (κ1) is 42.9. The van der Waals surface area contributed by atoms with Gasteiger partial charge in [0.05, 0.1) is 13.2 Å². The van der Waals surface area contributed by atoms with Crippen LogP contribution < -0.4 is 0 Å². The highest BCUT2D eigenvalue weighted by Gasteiger charge is 2.09. The quantitative estimate of drug-likeness (QED) is 0.0412. The largest absolute Gasteiger partial charge is 0.466 e. The van der Waals surface area contributed by atoms with Crippen molar-refractivity contribution >= 4 is 11.9 Å². The van der Waals surface area contributed by atoms with Gasteiger partial charge in [-0.1, -0.05) is 134 Å². The van der Waals surface area contributed by atoms with Crippen molar-refractivity contribution in [2.75, 3.05) is 13.2 Å². The normalized spacial score (nSPS) is 12.7. The average molecular weight is 629 g/mol. The molecule has 4 heteroatoms. The molecule has 0 aliphatic heterocycles. The minimum atomic E-state index is -0.106. The van der Waals surface area contributed by atoms with Crippen molar-refractivity contribution in [3.63, 3.8) is 0 Å². The molecule has 0 aromatic heterocycles. The Hall–Kier alpha value is -2.10. The Morgan fingerprint density at radius 2 is 0.867 bits per heavy atom. The maximum Gasteiger partial charge on any atom is 0.305 e. The van der Waals surface area contributed by atoms with Crippen LogP contribution in [-0.4, -0.2) is 25.2 Å². The van der Waals surface area contributed by atoms with Gasteiger partial charge < -0.3 is 9.47 Å². The lowest BCUT2D eigenvalue weighted by Gasteiger charge is -2.12. The number of ether oxygens (including phenoxy) is 2. The Labute approximate surface area is 279 Å². The lowest BCUT2D eigenvalue weighted by atomic mass is 10.1. The summed E-state index contributed by atoms with van der Waals surface area (Å²) in [6.45, 7) is 7.34. The molecule has 1 unspecified atom stereocenters. The molecular formula is C41H72O4. The molecule has 0 aliphatic rings. The lowest BCUT2D eigenvalue weighted by molar-refractivity contribution is -0.147. The number of rotatable bonds is 33. The van der Waals surface area contributed by atoms with Crippen LogP contribution in [0.15, 0.2) is 48.6 Å². The Morgan fingerprint density at radius 1 is 0.489 bits per heavy atom. The van der Waals surface area contributed by atoms with Crippen LogP contribution in [0.3, 0.4) is 0 Å².